The number of carbonyl (C=O) groups is 3. The highest BCUT2D eigenvalue weighted by atomic mass is 16.6. The smallest absolute Gasteiger partial charge is 0.410 e. The number of esters is 1. The van der Waals surface area contributed by atoms with Crippen molar-refractivity contribution in [3.63, 3.8) is 0 Å². The number of aliphatic hydroxyl groups excluding tert-OH is 1. The number of nitrogens with one attached hydrogen (secondary N) is 2. The third-order valence-electron chi connectivity index (χ3n) is 5.99. The normalized spacial score (nSPS) is 17.0. The zero-order valence-corrected chi connectivity index (χ0v) is 20.9. The van der Waals surface area contributed by atoms with E-state index < -0.39 is 11.6 Å². The van der Waals surface area contributed by atoms with E-state index in [1.807, 2.05) is 45.0 Å². The lowest BCUT2D eigenvalue weighted by Gasteiger charge is -2.33. The Morgan fingerprint density at radius 2 is 1.80 bits per heavy atom. The van der Waals surface area contributed by atoms with Gasteiger partial charge in [0.05, 0.1) is 37.2 Å². The van der Waals surface area contributed by atoms with Gasteiger partial charge in [0.2, 0.25) is 0 Å². The fraction of sp³-hybridized carbons (Fsp3) is 0.560. The molecule has 2 amide bonds. The van der Waals surface area contributed by atoms with Gasteiger partial charge in [-0.15, -0.1) is 0 Å². The summed E-state index contributed by atoms with van der Waals surface area (Å²) in [4.78, 5) is 40.6. The molecular weight excluding hydrogens is 452 g/mol. The highest BCUT2D eigenvalue weighted by Gasteiger charge is 2.35. The zero-order valence-electron chi connectivity index (χ0n) is 20.9. The Hall–Kier alpha value is -3.27. The Balaban J connectivity index is 1.62. The lowest BCUT2D eigenvalue weighted by Crippen LogP contribution is -2.42. The first-order chi connectivity index (χ1) is 16.6. The number of likely N-dealkylation sites (tertiary alicyclic amines) is 1. The first kappa shape index (κ1) is 26.3. The second-order valence-electron chi connectivity index (χ2n) is 9.76. The number of amides is 2. The van der Waals surface area contributed by atoms with Crippen LogP contribution in [0.3, 0.4) is 0 Å². The molecule has 2 heterocycles. The molecule has 0 unspecified atom stereocenters. The summed E-state index contributed by atoms with van der Waals surface area (Å²) < 4.78 is 10.3. The monoisotopic (exact) mass is 488 g/mol. The molecule has 35 heavy (non-hydrogen) atoms. The molecule has 3 N–H and O–H groups in total. The third kappa shape index (κ3) is 6.88. The van der Waals surface area contributed by atoms with E-state index in [0.717, 1.165) is 18.5 Å². The lowest BCUT2D eigenvalue weighted by atomic mass is 9.97. The van der Waals surface area contributed by atoms with Gasteiger partial charge in [0.1, 0.15) is 11.3 Å². The predicted molar refractivity (Wildman–Crippen MR) is 132 cm³/mol. The average molecular weight is 489 g/mol. The second kappa shape index (κ2) is 11.4. The van der Waals surface area contributed by atoms with E-state index in [1.54, 1.807) is 4.90 Å². The van der Waals surface area contributed by atoms with Crippen molar-refractivity contribution in [2.45, 2.75) is 39.2 Å². The van der Waals surface area contributed by atoms with Gasteiger partial charge in [-0.2, -0.15) is 0 Å². The van der Waals surface area contributed by atoms with Gasteiger partial charge in [-0.1, -0.05) is 12.1 Å². The summed E-state index contributed by atoms with van der Waals surface area (Å²) in [6.07, 6.45) is 1.44. The molecule has 0 atom stereocenters. The Morgan fingerprint density at radius 3 is 2.40 bits per heavy atom. The molecule has 0 spiro atoms. The fourth-order valence-corrected chi connectivity index (χ4v) is 4.13. The van der Waals surface area contributed by atoms with E-state index in [0.29, 0.717) is 31.2 Å². The Kier molecular flexibility index (Phi) is 8.61. The molecule has 2 aliphatic heterocycles. The third-order valence-corrected chi connectivity index (χ3v) is 5.99. The minimum atomic E-state index is -0.580. The van der Waals surface area contributed by atoms with Gasteiger partial charge in [0.25, 0.3) is 5.91 Å². The van der Waals surface area contributed by atoms with E-state index in [1.165, 1.54) is 12.0 Å². The maximum atomic E-state index is 12.8. The van der Waals surface area contributed by atoms with Crippen molar-refractivity contribution in [1.29, 1.82) is 0 Å². The highest BCUT2D eigenvalue weighted by molar-refractivity contribution is 6.09. The van der Waals surface area contributed by atoms with Crippen LogP contribution >= 0.6 is 0 Å². The van der Waals surface area contributed by atoms with Crippen LogP contribution in [0.5, 0.6) is 0 Å². The molecule has 0 aromatic heterocycles. The fourth-order valence-electron chi connectivity index (χ4n) is 4.13. The number of piperidine rings is 1. The van der Waals surface area contributed by atoms with Gasteiger partial charge in [0, 0.05) is 26.2 Å². The van der Waals surface area contributed by atoms with E-state index in [-0.39, 0.29) is 43.0 Å². The van der Waals surface area contributed by atoms with Gasteiger partial charge in [-0.05, 0) is 51.7 Å². The number of nitrogens with zero attached hydrogens (tertiary/aromatic N) is 2. The molecule has 10 heteroatoms. The van der Waals surface area contributed by atoms with Crippen LogP contribution in [0.1, 0.15) is 33.6 Å². The maximum absolute atomic E-state index is 12.8. The molecule has 0 saturated carbocycles. The highest BCUT2D eigenvalue weighted by Crippen LogP contribution is 2.28. The Bertz CT molecular complexity index is 963. The van der Waals surface area contributed by atoms with Crippen molar-refractivity contribution < 1.29 is 29.0 Å². The second-order valence-corrected chi connectivity index (χ2v) is 9.76. The molecule has 10 nitrogen and oxygen atoms in total. The molecular formula is C25H36N4O6. The molecule has 2 aliphatic rings. The van der Waals surface area contributed by atoms with Gasteiger partial charge in [-0.3, -0.25) is 4.79 Å². The van der Waals surface area contributed by atoms with Gasteiger partial charge >= 0.3 is 12.1 Å². The molecule has 1 aromatic rings. The number of ether oxygens (including phenoxy) is 2. The van der Waals surface area contributed by atoms with E-state index in [9.17, 15) is 19.5 Å². The molecule has 0 radical (unpaired) electrons. The molecule has 1 aromatic carbocycles. The average Bonchev–Trinajstić information content (AvgIpc) is 3.12. The summed E-state index contributed by atoms with van der Waals surface area (Å²) in [7, 11) is 1.27. The van der Waals surface area contributed by atoms with Gasteiger partial charge in [-0.25, -0.2) is 9.59 Å². The number of rotatable bonds is 8. The number of aliphatic hydroxyl groups is 1. The molecule has 1 saturated heterocycles. The number of methoxy groups -OCH3 is 1. The Morgan fingerprint density at radius 1 is 1.14 bits per heavy atom. The predicted octanol–water partition coefficient (Wildman–Crippen LogP) is 2.42. The number of para-hydroxylation sites is 2. The molecule has 192 valence electrons. The van der Waals surface area contributed by atoms with Crippen LogP contribution in [0.15, 0.2) is 35.5 Å². The summed E-state index contributed by atoms with van der Waals surface area (Å²) in [5, 5.41) is 15.8. The minimum Gasteiger partial charge on any atom is -0.466 e. The zero-order chi connectivity index (χ0) is 25.6. The number of hydrogen-bond donors (Lipinski definition) is 3. The SMILES string of the molecule is COC(=O)C1=C(Nc2ccccc2NCC2CCN(C(=O)OC(C)(C)C)CC2)C(=O)N(CCO)C1. The summed E-state index contributed by atoms with van der Waals surface area (Å²) in [5.41, 5.74) is 1.34. The largest absolute Gasteiger partial charge is 0.466 e. The number of carbonyl (C=O) groups excluding carboxylic acids is 3. The van der Waals surface area contributed by atoms with Crippen molar-refractivity contribution in [1.82, 2.24) is 9.80 Å². The standard InChI is InChI=1S/C25H36N4O6/c1-25(2,3)35-24(33)28-11-9-17(10-12-28)15-26-19-7-5-6-8-20(19)27-21-18(23(32)34-4)16-29(13-14-30)22(21)31/h5-8,17,26-27,30H,9-16H2,1-4H3. The maximum Gasteiger partial charge on any atom is 0.410 e. The van der Waals surface area contributed by atoms with Gasteiger partial charge in [0.15, 0.2) is 0 Å². The molecule has 0 aliphatic carbocycles. The number of hydrogen-bond acceptors (Lipinski definition) is 8. The molecule has 0 bridgehead atoms. The van der Waals surface area contributed by atoms with Crippen molar-refractivity contribution in [2.24, 2.45) is 5.92 Å². The van der Waals surface area contributed by atoms with Crippen LogP contribution in [0.2, 0.25) is 0 Å². The first-order valence-corrected chi connectivity index (χ1v) is 11.9. The van der Waals surface area contributed by atoms with Crippen LogP contribution in [0, 0.1) is 5.92 Å². The van der Waals surface area contributed by atoms with Crippen LogP contribution in [0.4, 0.5) is 16.2 Å². The number of β-amino-alcohol motifs (C(OH)–C–C–N with tert-alkyl or cyclic N) is 1. The van der Waals surface area contributed by atoms with E-state index >= 15 is 0 Å². The van der Waals surface area contributed by atoms with E-state index in [2.05, 4.69) is 10.6 Å². The van der Waals surface area contributed by atoms with Crippen molar-refractivity contribution >= 4 is 29.3 Å². The number of benzene rings is 1. The summed E-state index contributed by atoms with van der Waals surface area (Å²) >= 11 is 0. The summed E-state index contributed by atoms with van der Waals surface area (Å²) in [6.45, 7) is 7.60. The Labute approximate surface area is 206 Å². The topological polar surface area (TPSA) is 120 Å². The van der Waals surface area contributed by atoms with Crippen LogP contribution in [-0.4, -0.2) is 84.9 Å². The van der Waals surface area contributed by atoms with Crippen molar-refractivity contribution in [2.75, 3.05) is 57.1 Å². The lowest BCUT2D eigenvalue weighted by molar-refractivity contribution is -0.136. The van der Waals surface area contributed by atoms with Gasteiger partial charge < -0.3 is 35.0 Å². The van der Waals surface area contributed by atoms with Crippen LogP contribution in [0.25, 0.3) is 0 Å². The number of anilines is 2. The summed E-state index contributed by atoms with van der Waals surface area (Å²) in [6, 6.07) is 7.47. The first-order valence-electron chi connectivity index (χ1n) is 11.9. The minimum absolute atomic E-state index is 0.0835. The van der Waals surface area contributed by atoms with Crippen molar-refractivity contribution in [3.05, 3.63) is 35.5 Å². The van der Waals surface area contributed by atoms with Crippen LogP contribution < -0.4 is 10.6 Å². The van der Waals surface area contributed by atoms with E-state index in [4.69, 9.17) is 9.47 Å². The van der Waals surface area contributed by atoms with Crippen molar-refractivity contribution in [3.8, 4) is 0 Å². The molecule has 3 rings (SSSR count). The summed E-state index contributed by atoms with van der Waals surface area (Å²) in [5.74, 6) is -0.563. The quantitative estimate of drug-likeness (QED) is 0.477. The van der Waals surface area contributed by atoms with Crippen LogP contribution in [-0.2, 0) is 19.1 Å². The molecule has 1 fully saturated rings.